The average Bonchev–Trinajstić information content (AvgIpc) is 2.87. The largest absolute Gasteiger partial charge is 0.421 e. The molecule has 1 N–H and O–H groups in total. The maximum absolute atomic E-state index is 12.7. The molecule has 8 heteroatoms. The normalized spacial score (nSPS) is 19.9. The molecule has 1 amide bonds. The number of carbonyl (C=O) groups is 1. The monoisotopic (exact) mass is 332 g/mol. The number of halogens is 3. The molecule has 2 unspecified atom stereocenters. The number of nitrogens with zero attached hydrogens (tertiary/aromatic N) is 2. The van der Waals surface area contributed by atoms with Crippen LogP contribution in [0.4, 0.5) is 13.2 Å². The zero-order valence-corrected chi connectivity index (χ0v) is 12.7. The fourth-order valence-electron chi connectivity index (χ4n) is 2.92. The van der Waals surface area contributed by atoms with Crippen LogP contribution in [0.3, 0.4) is 0 Å². The third-order valence-corrected chi connectivity index (χ3v) is 3.94. The molecule has 0 radical (unpaired) electrons. The molecule has 2 rings (SSSR count). The number of hydrogen-bond acceptors (Lipinski definition) is 3. The van der Waals surface area contributed by atoms with Crippen molar-refractivity contribution in [3.8, 4) is 0 Å². The number of amides is 1. The lowest BCUT2D eigenvalue weighted by Crippen LogP contribution is -2.41. The van der Waals surface area contributed by atoms with E-state index >= 15 is 0 Å². The molecule has 2 heterocycles. The summed E-state index contributed by atoms with van der Waals surface area (Å²) in [6, 6.07) is 1.67. The van der Waals surface area contributed by atoms with Crippen LogP contribution in [0.5, 0.6) is 0 Å². The van der Waals surface area contributed by atoms with Crippen LogP contribution >= 0.6 is 0 Å². The average molecular weight is 332 g/mol. The molecule has 0 aliphatic carbocycles. The highest BCUT2D eigenvalue weighted by atomic mass is 19.4. The maximum atomic E-state index is 12.7. The lowest BCUT2D eigenvalue weighted by atomic mass is 10.1. The van der Waals surface area contributed by atoms with Crippen LogP contribution in [0.15, 0.2) is 23.1 Å². The van der Waals surface area contributed by atoms with E-state index < -0.39 is 35.9 Å². The Morgan fingerprint density at radius 1 is 1.48 bits per heavy atom. The number of carbonyl (C=O) groups excluding carboxylic acids is 1. The smallest absolute Gasteiger partial charge is 0.393 e. The minimum Gasteiger partial charge on any atom is -0.393 e. The van der Waals surface area contributed by atoms with Gasteiger partial charge in [0.15, 0.2) is 0 Å². The summed E-state index contributed by atoms with van der Waals surface area (Å²) >= 11 is 0. The molecule has 1 fully saturated rings. The van der Waals surface area contributed by atoms with Crippen LogP contribution in [-0.4, -0.2) is 39.2 Å². The van der Waals surface area contributed by atoms with Gasteiger partial charge in [0, 0.05) is 18.8 Å². The third kappa shape index (κ3) is 4.13. The first kappa shape index (κ1) is 17.5. The Hall–Kier alpha value is -1.83. The second-order valence-electron chi connectivity index (χ2n) is 5.82. The van der Waals surface area contributed by atoms with Crippen molar-refractivity contribution in [3.63, 3.8) is 0 Å². The van der Waals surface area contributed by atoms with Gasteiger partial charge in [-0.15, -0.1) is 0 Å². The number of alkyl halides is 3. The van der Waals surface area contributed by atoms with Gasteiger partial charge in [0.25, 0.3) is 5.56 Å². The van der Waals surface area contributed by atoms with Crippen molar-refractivity contribution in [1.29, 1.82) is 0 Å². The van der Waals surface area contributed by atoms with Crippen LogP contribution < -0.4 is 5.56 Å². The molecule has 0 saturated carbocycles. The SMILES string of the molecule is CC(O)CC1CCCN1C(=O)Cn1cccc(C(F)(F)F)c1=O. The lowest BCUT2D eigenvalue weighted by Gasteiger charge is -2.26. The van der Waals surface area contributed by atoms with Gasteiger partial charge in [0.1, 0.15) is 12.1 Å². The molecule has 1 saturated heterocycles. The molecule has 1 aliphatic rings. The number of aliphatic hydroxyl groups is 1. The van der Waals surface area contributed by atoms with Gasteiger partial charge in [-0.2, -0.15) is 13.2 Å². The molecule has 2 atom stereocenters. The summed E-state index contributed by atoms with van der Waals surface area (Å²) in [5, 5.41) is 9.45. The second kappa shape index (κ2) is 6.74. The number of aliphatic hydroxyl groups excluding tert-OH is 1. The van der Waals surface area contributed by atoms with Gasteiger partial charge >= 0.3 is 6.18 Å². The zero-order valence-electron chi connectivity index (χ0n) is 12.7. The number of pyridine rings is 1. The van der Waals surface area contributed by atoms with Gasteiger partial charge in [-0.1, -0.05) is 0 Å². The fourth-order valence-corrected chi connectivity index (χ4v) is 2.92. The summed E-state index contributed by atoms with van der Waals surface area (Å²) in [5.74, 6) is -0.408. The van der Waals surface area contributed by atoms with E-state index in [4.69, 9.17) is 0 Å². The Morgan fingerprint density at radius 2 is 2.17 bits per heavy atom. The standard InChI is InChI=1S/C15H19F3N2O3/c1-10(21)8-11-4-2-7-20(11)13(22)9-19-6-3-5-12(14(19)23)15(16,17)18/h3,5-6,10-11,21H,2,4,7-9H2,1H3. The van der Waals surface area contributed by atoms with Gasteiger partial charge < -0.3 is 14.6 Å². The van der Waals surface area contributed by atoms with E-state index in [9.17, 15) is 27.9 Å². The summed E-state index contributed by atoms with van der Waals surface area (Å²) in [6.07, 6.45) is -2.19. The van der Waals surface area contributed by atoms with Gasteiger partial charge in [-0.05, 0) is 38.3 Å². The Morgan fingerprint density at radius 3 is 2.78 bits per heavy atom. The van der Waals surface area contributed by atoms with Crippen LogP contribution in [0.25, 0.3) is 0 Å². The third-order valence-electron chi connectivity index (χ3n) is 3.94. The molecule has 5 nitrogen and oxygen atoms in total. The minimum absolute atomic E-state index is 0.135. The summed E-state index contributed by atoms with van der Waals surface area (Å²) in [5.41, 5.74) is -2.51. The van der Waals surface area contributed by atoms with Crippen molar-refractivity contribution < 1.29 is 23.1 Å². The summed E-state index contributed by atoms with van der Waals surface area (Å²) < 4.78 is 39.0. The number of likely N-dealkylation sites (tertiary alicyclic amines) is 1. The molecule has 0 aromatic carbocycles. The first-order valence-electron chi connectivity index (χ1n) is 7.44. The highest BCUT2D eigenvalue weighted by Crippen LogP contribution is 2.26. The van der Waals surface area contributed by atoms with E-state index in [-0.39, 0.29) is 6.04 Å². The second-order valence-corrected chi connectivity index (χ2v) is 5.82. The molecule has 128 valence electrons. The van der Waals surface area contributed by atoms with E-state index in [2.05, 4.69) is 0 Å². The summed E-state index contributed by atoms with van der Waals surface area (Å²) in [6.45, 7) is 1.68. The van der Waals surface area contributed by atoms with E-state index in [1.807, 2.05) is 0 Å². The number of aromatic nitrogens is 1. The van der Waals surface area contributed by atoms with Gasteiger partial charge in [0.2, 0.25) is 5.91 Å². The predicted octanol–water partition coefficient (Wildman–Crippen LogP) is 1.63. The van der Waals surface area contributed by atoms with Gasteiger partial charge in [0.05, 0.1) is 6.10 Å². The highest BCUT2D eigenvalue weighted by Gasteiger charge is 2.35. The Balaban J connectivity index is 2.16. The molecule has 0 bridgehead atoms. The quantitative estimate of drug-likeness (QED) is 0.911. The molecule has 23 heavy (non-hydrogen) atoms. The van der Waals surface area contributed by atoms with Crippen LogP contribution in [-0.2, 0) is 17.5 Å². The Kier molecular flexibility index (Phi) is 5.13. The molecule has 1 aromatic heterocycles. The zero-order chi connectivity index (χ0) is 17.2. The predicted molar refractivity (Wildman–Crippen MR) is 76.7 cm³/mol. The lowest BCUT2D eigenvalue weighted by molar-refractivity contribution is -0.139. The number of hydrogen-bond donors (Lipinski definition) is 1. The van der Waals surface area contributed by atoms with Gasteiger partial charge in [-0.25, -0.2) is 0 Å². The fraction of sp³-hybridized carbons (Fsp3) is 0.600. The van der Waals surface area contributed by atoms with Crippen molar-refractivity contribution in [2.45, 2.75) is 51.1 Å². The Labute approximate surface area is 131 Å². The summed E-state index contributed by atoms with van der Waals surface area (Å²) in [4.78, 5) is 25.7. The van der Waals surface area contributed by atoms with E-state index in [1.165, 1.54) is 6.20 Å². The van der Waals surface area contributed by atoms with Crippen LogP contribution in [0, 0.1) is 0 Å². The topological polar surface area (TPSA) is 62.5 Å². The molecule has 0 spiro atoms. The molecular formula is C15H19F3N2O3. The van der Waals surface area contributed by atoms with Crippen molar-refractivity contribution >= 4 is 5.91 Å². The molecular weight excluding hydrogens is 313 g/mol. The van der Waals surface area contributed by atoms with E-state index in [1.54, 1.807) is 11.8 Å². The van der Waals surface area contributed by atoms with Crippen LogP contribution in [0.1, 0.15) is 31.7 Å². The van der Waals surface area contributed by atoms with Crippen molar-refractivity contribution in [3.05, 3.63) is 34.2 Å². The first-order valence-corrected chi connectivity index (χ1v) is 7.44. The minimum atomic E-state index is -4.74. The maximum Gasteiger partial charge on any atom is 0.421 e. The number of rotatable bonds is 4. The highest BCUT2D eigenvalue weighted by molar-refractivity contribution is 5.76. The van der Waals surface area contributed by atoms with Gasteiger partial charge in [-0.3, -0.25) is 9.59 Å². The van der Waals surface area contributed by atoms with Crippen molar-refractivity contribution in [2.24, 2.45) is 0 Å². The van der Waals surface area contributed by atoms with Crippen molar-refractivity contribution in [1.82, 2.24) is 9.47 Å². The Bertz CT molecular complexity index is 625. The first-order chi connectivity index (χ1) is 10.7. The van der Waals surface area contributed by atoms with Crippen LogP contribution in [0.2, 0.25) is 0 Å². The van der Waals surface area contributed by atoms with E-state index in [0.717, 1.165) is 23.5 Å². The van der Waals surface area contributed by atoms with E-state index in [0.29, 0.717) is 19.0 Å². The molecule has 1 aromatic rings. The molecule has 1 aliphatic heterocycles. The van der Waals surface area contributed by atoms with Crippen molar-refractivity contribution in [2.75, 3.05) is 6.54 Å². The summed E-state index contributed by atoms with van der Waals surface area (Å²) in [7, 11) is 0.